The first-order valence-corrected chi connectivity index (χ1v) is 6.97. The number of ether oxygens (including phenoxy) is 1. The maximum absolute atomic E-state index is 13.4. The lowest BCUT2D eigenvalue weighted by Crippen LogP contribution is -2.20. The van der Waals surface area contributed by atoms with Gasteiger partial charge in [-0.2, -0.15) is 0 Å². The lowest BCUT2D eigenvalue weighted by atomic mass is 9.83. The monoisotopic (exact) mass is 266 g/mol. The van der Waals surface area contributed by atoms with Crippen molar-refractivity contribution in [2.45, 2.75) is 32.6 Å². The summed E-state index contributed by atoms with van der Waals surface area (Å²) in [5.41, 5.74) is 7.02. The molecule has 0 aliphatic heterocycles. The van der Waals surface area contributed by atoms with Crippen molar-refractivity contribution in [1.82, 2.24) is 0 Å². The van der Waals surface area contributed by atoms with Crippen LogP contribution in [-0.2, 0) is 0 Å². The summed E-state index contributed by atoms with van der Waals surface area (Å²) in [5, 5.41) is 3.33. The highest BCUT2D eigenvalue weighted by molar-refractivity contribution is 5.68. The topological polar surface area (TPSA) is 47.3 Å². The van der Waals surface area contributed by atoms with Gasteiger partial charge in [-0.3, -0.25) is 0 Å². The number of nitrogens with one attached hydrogen (secondary N) is 1. The van der Waals surface area contributed by atoms with Gasteiger partial charge >= 0.3 is 0 Å². The molecule has 1 saturated carbocycles. The minimum Gasteiger partial charge on any atom is -0.494 e. The maximum atomic E-state index is 13.4. The van der Waals surface area contributed by atoms with E-state index in [-0.39, 0.29) is 5.75 Å². The Labute approximate surface area is 114 Å². The van der Waals surface area contributed by atoms with E-state index in [0.717, 1.165) is 18.2 Å². The lowest BCUT2D eigenvalue weighted by molar-refractivity contribution is 0.300. The van der Waals surface area contributed by atoms with Crippen molar-refractivity contribution in [1.29, 1.82) is 0 Å². The van der Waals surface area contributed by atoms with Gasteiger partial charge in [-0.1, -0.05) is 19.8 Å². The Bertz CT molecular complexity index is 428. The Kier molecular flexibility index (Phi) is 4.51. The molecule has 1 fully saturated rings. The summed E-state index contributed by atoms with van der Waals surface area (Å²) in [7, 11) is 1.46. The molecule has 1 aromatic rings. The van der Waals surface area contributed by atoms with Gasteiger partial charge in [-0.05, 0) is 24.7 Å². The average Bonchev–Trinajstić information content (AvgIpc) is 2.40. The molecule has 0 saturated heterocycles. The van der Waals surface area contributed by atoms with Gasteiger partial charge in [0.05, 0.1) is 18.5 Å². The predicted molar refractivity (Wildman–Crippen MR) is 77.0 cm³/mol. The van der Waals surface area contributed by atoms with E-state index in [2.05, 4.69) is 12.2 Å². The molecule has 1 aliphatic carbocycles. The standard InChI is InChI=1S/C15H23FN2O/c1-10-3-5-11(6-4-10)9-18-14-8-15(19-2)12(16)7-13(14)17/h7-8,10-11,18H,3-6,9,17H2,1-2H3. The lowest BCUT2D eigenvalue weighted by Gasteiger charge is -2.26. The largest absolute Gasteiger partial charge is 0.494 e. The van der Waals surface area contributed by atoms with Crippen LogP contribution in [0.3, 0.4) is 0 Å². The van der Waals surface area contributed by atoms with Crippen molar-refractivity contribution in [3.8, 4) is 5.75 Å². The van der Waals surface area contributed by atoms with Gasteiger partial charge in [0.2, 0.25) is 0 Å². The molecule has 1 aliphatic rings. The fraction of sp³-hybridized carbons (Fsp3) is 0.600. The van der Waals surface area contributed by atoms with Crippen molar-refractivity contribution < 1.29 is 9.13 Å². The third kappa shape index (κ3) is 3.52. The highest BCUT2D eigenvalue weighted by atomic mass is 19.1. The molecule has 0 atom stereocenters. The van der Waals surface area contributed by atoms with Gasteiger partial charge in [-0.15, -0.1) is 0 Å². The van der Waals surface area contributed by atoms with E-state index in [9.17, 15) is 4.39 Å². The van der Waals surface area contributed by atoms with Crippen LogP contribution >= 0.6 is 0 Å². The zero-order chi connectivity index (χ0) is 13.8. The molecule has 4 heteroatoms. The molecule has 2 rings (SSSR count). The number of halogens is 1. The van der Waals surface area contributed by atoms with Crippen molar-refractivity contribution in [3.63, 3.8) is 0 Å². The Morgan fingerprint density at radius 1 is 1.32 bits per heavy atom. The van der Waals surface area contributed by atoms with E-state index in [1.165, 1.54) is 38.9 Å². The van der Waals surface area contributed by atoms with Gasteiger partial charge < -0.3 is 15.8 Å². The molecule has 19 heavy (non-hydrogen) atoms. The summed E-state index contributed by atoms with van der Waals surface area (Å²) < 4.78 is 18.4. The van der Waals surface area contributed by atoms with E-state index in [1.807, 2.05) is 0 Å². The molecule has 106 valence electrons. The second-order valence-corrected chi connectivity index (χ2v) is 5.58. The summed E-state index contributed by atoms with van der Waals surface area (Å²) in [5.74, 6) is 1.35. The van der Waals surface area contributed by atoms with Crippen LogP contribution in [-0.4, -0.2) is 13.7 Å². The van der Waals surface area contributed by atoms with Crippen LogP contribution in [0.2, 0.25) is 0 Å². The normalized spacial score (nSPS) is 23.1. The van der Waals surface area contributed by atoms with E-state index in [4.69, 9.17) is 10.5 Å². The summed E-state index contributed by atoms with van der Waals surface area (Å²) in [4.78, 5) is 0. The highest BCUT2D eigenvalue weighted by Gasteiger charge is 2.18. The van der Waals surface area contributed by atoms with Crippen molar-refractivity contribution >= 4 is 11.4 Å². The number of rotatable bonds is 4. The fourth-order valence-corrected chi connectivity index (χ4v) is 2.67. The van der Waals surface area contributed by atoms with Crippen LogP contribution in [0.5, 0.6) is 5.75 Å². The minimum absolute atomic E-state index is 0.231. The van der Waals surface area contributed by atoms with Crippen LogP contribution in [0.4, 0.5) is 15.8 Å². The number of hydrogen-bond donors (Lipinski definition) is 2. The molecule has 0 amide bonds. The Hall–Kier alpha value is -1.45. The molecule has 0 radical (unpaired) electrons. The number of nitrogens with two attached hydrogens (primary N) is 1. The minimum atomic E-state index is -0.419. The molecular formula is C15H23FN2O. The van der Waals surface area contributed by atoms with Crippen molar-refractivity contribution in [3.05, 3.63) is 17.9 Å². The molecule has 0 spiro atoms. The van der Waals surface area contributed by atoms with Gasteiger partial charge in [0.1, 0.15) is 0 Å². The second-order valence-electron chi connectivity index (χ2n) is 5.58. The number of hydrogen-bond acceptors (Lipinski definition) is 3. The smallest absolute Gasteiger partial charge is 0.167 e. The SMILES string of the molecule is COc1cc(NCC2CCC(C)CC2)c(N)cc1F. The number of anilines is 2. The first-order valence-electron chi connectivity index (χ1n) is 6.97. The molecule has 3 nitrogen and oxygen atoms in total. The van der Waals surface area contributed by atoms with Crippen molar-refractivity contribution in [2.24, 2.45) is 11.8 Å². The molecule has 0 unspecified atom stereocenters. The molecule has 1 aromatic carbocycles. The molecule has 0 aromatic heterocycles. The van der Waals surface area contributed by atoms with Gasteiger partial charge in [-0.25, -0.2) is 4.39 Å². The summed E-state index contributed by atoms with van der Waals surface area (Å²) >= 11 is 0. The summed E-state index contributed by atoms with van der Waals surface area (Å²) in [6, 6.07) is 2.94. The Morgan fingerprint density at radius 2 is 2.00 bits per heavy atom. The third-order valence-electron chi connectivity index (χ3n) is 4.04. The molecule has 3 N–H and O–H groups in total. The number of benzene rings is 1. The molecule has 0 bridgehead atoms. The first-order chi connectivity index (χ1) is 9.10. The van der Waals surface area contributed by atoms with Crippen LogP contribution in [0.1, 0.15) is 32.6 Å². The van der Waals surface area contributed by atoms with Crippen LogP contribution < -0.4 is 15.8 Å². The average molecular weight is 266 g/mol. The van der Waals surface area contributed by atoms with Crippen LogP contribution in [0.25, 0.3) is 0 Å². The van der Waals surface area contributed by atoms with Gasteiger partial charge in [0.15, 0.2) is 11.6 Å². The quantitative estimate of drug-likeness (QED) is 0.818. The summed E-state index contributed by atoms with van der Waals surface area (Å²) in [6.45, 7) is 3.21. The van der Waals surface area contributed by atoms with Crippen LogP contribution in [0.15, 0.2) is 12.1 Å². The Morgan fingerprint density at radius 3 is 2.63 bits per heavy atom. The molecule has 0 heterocycles. The second kappa shape index (κ2) is 6.13. The van der Waals surface area contributed by atoms with E-state index < -0.39 is 5.82 Å². The zero-order valence-corrected chi connectivity index (χ0v) is 11.7. The number of nitrogen functional groups attached to an aromatic ring is 1. The van der Waals surface area contributed by atoms with E-state index in [0.29, 0.717) is 11.6 Å². The predicted octanol–water partition coefficient (Wildman–Crippen LogP) is 3.65. The summed E-state index contributed by atoms with van der Waals surface area (Å²) in [6.07, 6.45) is 5.11. The van der Waals surface area contributed by atoms with Crippen LogP contribution in [0, 0.1) is 17.7 Å². The number of methoxy groups -OCH3 is 1. The third-order valence-corrected chi connectivity index (χ3v) is 4.04. The highest BCUT2D eigenvalue weighted by Crippen LogP contribution is 2.31. The van der Waals surface area contributed by atoms with Crippen molar-refractivity contribution in [2.75, 3.05) is 24.7 Å². The van der Waals surface area contributed by atoms with E-state index in [1.54, 1.807) is 6.07 Å². The Balaban J connectivity index is 1.95. The van der Waals surface area contributed by atoms with Gasteiger partial charge in [0.25, 0.3) is 0 Å². The van der Waals surface area contributed by atoms with E-state index >= 15 is 0 Å². The molecular weight excluding hydrogens is 243 g/mol. The maximum Gasteiger partial charge on any atom is 0.167 e. The fourth-order valence-electron chi connectivity index (χ4n) is 2.67. The van der Waals surface area contributed by atoms with Gasteiger partial charge in [0, 0.05) is 18.7 Å². The zero-order valence-electron chi connectivity index (χ0n) is 11.7. The first kappa shape index (κ1) is 14.0.